The molecule has 3 saturated carbocycles. The minimum Gasteiger partial charge on any atom is -0.396 e. The fraction of sp³-hybridized carbons (Fsp3) is 1.00. The Labute approximate surface area is 95.9 Å². The Bertz CT molecular complexity index is 281. The van der Waals surface area contributed by atoms with Gasteiger partial charge in [-0.1, -0.05) is 0 Å². The van der Waals surface area contributed by atoms with Crippen molar-refractivity contribution in [1.82, 2.24) is 4.90 Å². The molecule has 4 nitrogen and oxygen atoms in total. The average molecular weight is 227 g/mol. The van der Waals surface area contributed by atoms with Gasteiger partial charge in [0, 0.05) is 19.7 Å². The van der Waals surface area contributed by atoms with Crippen molar-refractivity contribution < 1.29 is 15.3 Å². The second kappa shape index (κ2) is 3.67. The Kier molecular flexibility index (Phi) is 2.51. The van der Waals surface area contributed by atoms with Crippen molar-refractivity contribution >= 4 is 0 Å². The van der Waals surface area contributed by atoms with E-state index in [2.05, 4.69) is 11.9 Å². The molecule has 0 aromatic heterocycles. The zero-order valence-electron chi connectivity index (χ0n) is 9.66. The van der Waals surface area contributed by atoms with Crippen molar-refractivity contribution in [3.63, 3.8) is 0 Å². The van der Waals surface area contributed by atoms with Gasteiger partial charge in [0.25, 0.3) is 0 Å². The van der Waals surface area contributed by atoms with Crippen LogP contribution in [-0.2, 0) is 0 Å². The molecular weight excluding hydrogens is 206 g/mol. The quantitative estimate of drug-likeness (QED) is 0.546. The number of fused-ring (bicyclic) bond motifs is 2. The molecule has 2 bridgehead atoms. The molecule has 3 aliphatic carbocycles. The number of rotatable bonds is 1. The van der Waals surface area contributed by atoms with Crippen LogP contribution in [0.2, 0.25) is 0 Å². The molecule has 16 heavy (non-hydrogen) atoms. The second-order valence-electron chi connectivity index (χ2n) is 5.95. The smallest absolute Gasteiger partial charge is 0.0836 e. The number of nitrogens with zero attached hydrogens (tertiary/aromatic N) is 1. The molecule has 0 spiro atoms. The molecule has 0 amide bonds. The van der Waals surface area contributed by atoms with Crippen LogP contribution in [-0.4, -0.2) is 59.2 Å². The van der Waals surface area contributed by atoms with Crippen LogP contribution in [0.5, 0.6) is 0 Å². The lowest BCUT2D eigenvalue weighted by Gasteiger charge is -2.54. The molecular formula is C12H21NO3. The molecule has 1 heterocycles. The lowest BCUT2D eigenvalue weighted by molar-refractivity contribution is -0.179. The van der Waals surface area contributed by atoms with Crippen LogP contribution in [0.15, 0.2) is 0 Å². The average Bonchev–Trinajstić information content (AvgIpc) is 2.65. The van der Waals surface area contributed by atoms with Crippen LogP contribution in [0, 0.1) is 29.6 Å². The summed E-state index contributed by atoms with van der Waals surface area (Å²) in [6.45, 7) is 2.19. The van der Waals surface area contributed by atoms with E-state index in [0.717, 1.165) is 19.5 Å². The number of hydrogen-bond acceptors (Lipinski definition) is 4. The van der Waals surface area contributed by atoms with Gasteiger partial charge < -0.3 is 20.2 Å². The van der Waals surface area contributed by atoms with Crippen LogP contribution in [0.25, 0.3) is 0 Å². The van der Waals surface area contributed by atoms with E-state index in [1.165, 1.54) is 0 Å². The first-order valence-corrected chi connectivity index (χ1v) is 6.29. The SMILES string of the molecule is CN1CC2C3CC(CO)C(C(O)C3O)C2C1. The molecule has 4 aliphatic rings. The topological polar surface area (TPSA) is 63.9 Å². The third-order valence-electron chi connectivity index (χ3n) is 5.18. The highest BCUT2D eigenvalue weighted by atomic mass is 16.3. The minimum atomic E-state index is -0.622. The first-order valence-electron chi connectivity index (χ1n) is 6.29. The van der Waals surface area contributed by atoms with Gasteiger partial charge in [0.2, 0.25) is 0 Å². The van der Waals surface area contributed by atoms with Crippen LogP contribution >= 0.6 is 0 Å². The number of aliphatic hydroxyl groups excluding tert-OH is 3. The van der Waals surface area contributed by atoms with Gasteiger partial charge in [-0.25, -0.2) is 0 Å². The van der Waals surface area contributed by atoms with Gasteiger partial charge in [0.15, 0.2) is 0 Å². The Hall–Kier alpha value is -0.160. The molecule has 92 valence electrons. The van der Waals surface area contributed by atoms with Crippen molar-refractivity contribution in [3.8, 4) is 0 Å². The first-order chi connectivity index (χ1) is 7.63. The maximum Gasteiger partial charge on any atom is 0.0836 e. The van der Waals surface area contributed by atoms with Crippen LogP contribution < -0.4 is 0 Å². The molecule has 1 aliphatic heterocycles. The second-order valence-corrected chi connectivity index (χ2v) is 5.95. The zero-order valence-corrected chi connectivity index (χ0v) is 9.66. The molecule has 4 heteroatoms. The van der Waals surface area contributed by atoms with Crippen LogP contribution in [0.1, 0.15) is 6.42 Å². The highest BCUT2D eigenvalue weighted by Crippen LogP contribution is 2.54. The van der Waals surface area contributed by atoms with Gasteiger partial charge in [0.05, 0.1) is 12.2 Å². The Morgan fingerprint density at radius 3 is 2.44 bits per heavy atom. The number of hydrogen-bond donors (Lipinski definition) is 3. The fourth-order valence-corrected chi connectivity index (χ4v) is 4.56. The summed E-state index contributed by atoms with van der Waals surface area (Å²) in [7, 11) is 2.10. The fourth-order valence-electron chi connectivity index (χ4n) is 4.56. The summed E-state index contributed by atoms with van der Waals surface area (Å²) in [5.41, 5.74) is 0. The van der Waals surface area contributed by atoms with E-state index >= 15 is 0 Å². The number of aliphatic hydroxyl groups is 3. The van der Waals surface area contributed by atoms with E-state index in [4.69, 9.17) is 0 Å². The summed E-state index contributed by atoms with van der Waals surface area (Å²) in [6, 6.07) is 0. The van der Waals surface area contributed by atoms with Gasteiger partial charge in [-0.3, -0.25) is 0 Å². The standard InChI is InChI=1S/C12H21NO3/c1-13-3-8-7-2-6(5-14)10(9(8)4-13)12(16)11(7)15/h6-12,14-16H,2-5H2,1H3. The van der Waals surface area contributed by atoms with Crippen molar-refractivity contribution in [2.75, 3.05) is 26.7 Å². The maximum absolute atomic E-state index is 10.1. The molecule has 4 fully saturated rings. The summed E-state index contributed by atoms with van der Waals surface area (Å²) in [5.74, 6) is 1.47. The third kappa shape index (κ3) is 1.30. The predicted molar refractivity (Wildman–Crippen MR) is 58.7 cm³/mol. The Morgan fingerprint density at radius 2 is 1.75 bits per heavy atom. The van der Waals surface area contributed by atoms with Gasteiger partial charge >= 0.3 is 0 Å². The zero-order chi connectivity index (χ0) is 11.4. The van der Waals surface area contributed by atoms with E-state index in [0.29, 0.717) is 11.8 Å². The maximum atomic E-state index is 10.1. The van der Waals surface area contributed by atoms with E-state index in [9.17, 15) is 15.3 Å². The van der Waals surface area contributed by atoms with E-state index < -0.39 is 12.2 Å². The van der Waals surface area contributed by atoms with E-state index in [1.54, 1.807) is 0 Å². The van der Waals surface area contributed by atoms with Gasteiger partial charge in [-0.15, -0.1) is 0 Å². The summed E-state index contributed by atoms with van der Waals surface area (Å²) in [6.07, 6.45) is -0.307. The lowest BCUT2D eigenvalue weighted by atomic mass is 9.53. The van der Waals surface area contributed by atoms with Crippen molar-refractivity contribution in [2.45, 2.75) is 18.6 Å². The summed E-state index contributed by atoms with van der Waals surface area (Å²) in [5, 5.41) is 29.6. The Balaban J connectivity index is 1.92. The largest absolute Gasteiger partial charge is 0.396 e. The molecule has 0 aromatic carbocycles. The van der Waals surface area contributed by atoms with Gasteiger partial charge in [-0.05, 0) is 43.1 Å². The molecule has 7 unspecified atom stereocenters. The Morgan fingerprint density at radius 1 is 1.06 bits per heavy atom. The molecule has 4 rings (SSSR count). The number of likely N-dealkylation sites (tertiary alicyclic amines) is 1. The van der Waals surface area contributed by atoms with Crippen molar-refractivity contribution in [3.05, 3.63) is 0 Å². The third-order valence-corrected chi connectivity index (χ3v) is 5.18. The molecule has 3 N–H and O–H groups in total. The van der Waals surface area contributed by atoms with Gasteiger partial charge in [0.1, 0.15) is 0 Å². The monoisotopic (exact) mass is 227 g/mol. The van der Waals surface area contributed by atoms with Crippen LogP contribution in [0.3, 0.4) is 0 Å². The predicted octanol–water partition coefficient (Wildman–Crippen LogP) is -0.856. The summed E-state index contributed by atoms with van der Waals surface area (Å²) in [4.78, 5) is 2.29. The van der Waals surface area contributed by atoms with Crippen molar-refractivity contribution in [1.29, 1.82) is 0 Å². The highest BCUT2D eigenvalue weighted by Gasteiger charge is 2.58. The normalized spacial score (nSPS) is 56.6. The highest BCUT2D eigenvalue weighted by molar-refractivity contribution is 5.08. The molecule has 7 atom stereocenters. The molecule has 0 radical (unpaired) electrons. The van der Waals surface area contributed by atoms with Gasteiger partial charge in [-0.2, -0.15) is 0 Å². The molecule has 1 saturated heterocycles. The van der Waals surface area contributed by atoms with E-state index in [1.807, 2.05) is 0 Å². The molecule has 0 aromatic rings. The lowest BCUT2D eigenvalue weighted by Crippen LogP contribution is -2.60. The summed E-state index contributed by atoms with van der Waals surface area (Å²) >= 11 is 0. The first kappa shape index (κ1) is 11.0. The van der Waals surface area contributed by atoms with Crippen molar-refractivity contribution in [2.24, 2.45) is 29.6 Å². The minimum absolute atomic E-state index is 0.0972. The van der Waals surface area contributed by atoms with E-state index in [-0.39, 0.29) is 24.4 Å². The summed E-state index contributed by atoms with van der Waals surface area (Å²) < 4.78 is 0. The van der Waals surface area contributed by atoms with Crippen LogP contribution in [0.4, 0.5) is 0 Å².